The van der Waals surface area contributed by atoms with Gasteiger partial charge in [0, 0.05) is 11.3 Å². The lowest BCUT2D eigenvalue weighted by molar-refractivity contribution is 0.639. The first-order valence-corrected chi connectivity index (χ1v) is 5.20. The molecule has 15 heavy (non-hydrogen) atoms. The topological polar surface area (TPSA) is 76.4 Å². The van der Waals surface area contributed by atoms with Crippen molar-refractivity contribution in [1.82, 2.24) is 0 Å². The number of nitrogens with two attached hydrogens (primary N) is 2. The highest BCUT2D eigenvalue weighted by molar-refractivity contribution is 6.03. The second kappa shape index (κ2) is 4.31. The quantitative estimate of drug-likeness (QED) is 0.684. The number of para-hydroxylation sites is 1. The highest BCUT2D eigenvalue weighted by Gasteiger charge is 2.16. The molecule has 1 aliphatic rings. The Balaban J connectivity index is 2.17. The summed E-state index contributed by atoms with van der Waals surface area (Å²) in [5.74, 6) is 0.617. The first-order valence-electron chi connectivity index (χ1n) is 5.20. The molecule has 4 nitrogen and oxygen atoms in total. The van der Waals surface area contributed by atoms with E-state index in [-0.39, 0.29) is 6.17 Å². The van der Waals surface area contributed by atoms with E-state index in [0.29, 0.717) is 12.4 Å². The third-order valence-electron chi connectivity index (χ3n) is 2.50. The monoisotopic (exact) mass is 204 g/mol. The smallest absolute Gasteiger partial charge is 0.130 e. The number of anilines is 1. The molecule has 5 N–H and O–H groups in total. The van der Waals surface area contributed by atoms with Gasteiger partial charge in [-0.3, -0.25) is 0 Å². The van der Waals surface area contributed by atoms with Crippen LogP contribution >= 0.6 is 0 Å². The summed E-state index contributed by atoms with van der Waals surface area (Å²) in [5.41, 5.74) is 13.4. The van der Waals surface area contributed by atoms with Gasteiger partial charge in [-0.25, -0.2) is 4.99 Å². The summed E-state index contributed by atoms with van der Waals surface area (Å²) in [6.07, 6.45) is 1.95. The van der Waals surface area contributed by atoms with Crippen molar-refractivity contribution in [2.75, 3.05) is 11.9 Å². The highest BCUT2D eigenvalue weighted by atomic mass is 15.1. The van der Waals surface area contributed by atoms with Crippen molar-refractivity contribution < 1.29 is 0 Å². The summed E-state index contributed by atoms with van der Waals surface area (Å²) in [7, 11) is 0. The molecule has 0 aliphatic carbocycles. The molecule has 1 aromatic rings. The Hall–Kier alpha value is -1.55. The maximum atomic E-state index is 5.89. The molecule has 0 aromatic heterocycles. The van der Waals surface area contributed by atoms with Crippen molar-refractivity contribution in [2.24, 2.45) is 16.5 Å². The normalized spacial score (nSPS) is 19.0. The van der Waals surface area contributed by atoms with Gasteiger partial charge in [0.15, 0.2) is 0 Å². The van der Waals surface area contributed by atoms with E-state index in [1.54, 1.807) is 0 Å². The molecule has 4 heteroatoms. The third-order valence-corrected chi connectivity index (χ3v) is 2.50. The molecule has 1 heterocycles. The molecule has 1 aliphatic heterocycles. The van der Waals surface area contributed by atoms with E-state index in [9.17, 15) is 0 Å². The van der Waals surface area contributed by atoms with Crippen molar-refractivity contribution in [3.8, 4) is 0 Å². The molecule has 1 unspecified atom stereocenters. The summed E-state index contributed by atoms with van der Waals surface area (Å²) >= 11 is 0. The van der Waals surface area contributed by atoms with Gasteiger partial charge in [0.05, 0.1) is 0 Å². The van der Waals surface area contributed by atoms with Crippen LogP contribution in [0, 0.1) is 0 Å². The Morgan fingerprint density at radius 2 is 2.13 bits per heavy atom. The number of nitrogens with one attached hydrogen (secondary N) is 1. The van der Waals surface area contributed by atoms with Crippen LogP contribution in [0.5, 0.6) is 0 Å². The van der Waals surface area contributed by atoms with E-state index in [0.717, 1.165) is 24.1 Å². The number of hydrogen-bond donors (Lipinski definition) is 3. The number of fused-ring (bicyclic) bond motifs is 1. The molecule has 0 spiro atoms. The average Bonchev–Trinajstić information content (AvgIpc) is 2.26. The van der Waals surface area contributed by atoms with Gasteiger partial charge in [-0.1, -0.05) is 12.1 Å². The second-order valence-corrected chi connectivity index (χ2v) is 3.65. The molecular weight excluding hydrogens is 188 g/mol. The van der Waals surface area contributed by atoms with Crippen molar-refractivity contribution >= 4 is 11.5 Å². The van der Waals surface area contributed by atoms with E-state index in [2.05, 4.69) is 10.3 Å². The summed E-state index contributed by atoms with van der Waals surface area (Å²) in [6, 6.07) is 7.94. The van der Waals surface area contributed by atoms with Gasteiger partial charge in [-0.15, -0.1) is 0 Å². The Kier molecular flexibility index (Phi) is 2.87. The Labute approximate surface area is 89.4 Å². The van der Waals surface area contributed by atoms with Crippen molar-refractivity contribution in [3.63, 3.8) is 0 Å². The predicted molar refractivity (Wildman–Crippen MR) is 62.9 cm³/mol. The lowest BCUT2D eigenvalue weighted by Crippen LogP contribution is -2.30. The second-order valence-electron chi connectivity index (χ2n) is 3.65. The SMILES string of the molecule is NCCCC1N=C(N)c2ccccc2N1. The fourth-order valence-corrected chi connectivity index (χ4v) is 1.73. The highest BCUT2D eigenvalue weighted by Crippen LogP contribution is 2.21. The largest absolute Gasteiger partial charge is 0.383 e. The molecule has 0 fully saturated rings. The molecule has 0 radical (unpaired) electrons. The van der Waals surface area contributed by atoms with Crippen molar-refractivity contribution in [1.29, 1.82) is 0 Å². The minimum Gasteiger partial charge on any atom is -0.383 e. The van der Waals surface area contributed by atoms with E-state index in [1.807, 2.05) is 24.3 Å². The van der Waals surface area contributed by atoms with Gasteiger partial charge in [0.25, 0.3) is 0 Å². The van der Waals surface area contributed by atoms with Crippen molar-refractivity contribution in [2.45, 2.75) is 19.0 Å². The van der Waals surface area contributed by atoms with E-state index in [4.69, 9.17) is 11.5 Å². The van der Waals surface area contributed by atoms with Gasteiger partial charge in [-0.2, -0.15) is 0 Å². The van der Waals surface area contributed by atoms with Gasteiger partial charge < -0.3 is 16.8 Å². The standard InChI is InChI=1S/C11H16N4/c12-7-3-6-10-14-9-5-2-1-4-8(9)11(13)15-10/h1-2,4-5,10,14H,3,6-7,12H2,(H2,13,15). The first kappa shape index (κ1) is 9.98. The molecular formula is C11H16N4. The molecule has 80 valence electrons. The lowest BCUT2D eigenvalue weighted by Gasteiger charge is -2.23. The van der Waals surface area contributed by atoms with Crippen LogP contribution in [0.3, 0.4) is 0 Å². The van der Waals surface area contributed by atoms with Crippen LogP contribution in [0.15, 0.2) is 29.3 Å². The third kappa shape index (κ3) is 2.10. The van der Waals surface area contributed by atoms with Crippen LogP contribution in [0.2, 0.25) is 0 Å². The number of benzene rings is 1. The lowest BCUT2D eigenvalue weighted by atomic mass is 10.1. The van der Waals surface area contributed by atoms with Gasteiger partial charge in [0.1, 0.15) is 12.0 Å². The van der Waals surface area contributed by atoms with Crippen LogP contribution in [0.1, 0.15) is 18.4 Å². The maximum Gasteiger partial charge on any atom is 0.130 e. The van der Waals surface area contributed by atoms with E-state index in [1.165, 1.54) is 0 Å². The van der Waals surface area contributed by atoms with Gasteiger partial charge in [-0.05, 0) is 31.5 Å². The summed E-state index contributed by atoms with van der Waals surface area (Å²) in [5, 5.41) is 3.34. The number of nitrogens with zero attached hydrogens (tertiary/aromatic N) is 1. The zero-order chi connectivity index (χ0) is 10.7. The molecule has 0 saturated heterocycles. The molecule has 0 bridgehead atoms. The van der Waals surface area contributed by atoms with Crippen LogP contribution in [-0.2, 0) is 0 Å². The van der Waals surface area contributed by atoms with E-state index >= 15 is 0 Å². The predicted octanol–water partition coefficient (Wildman–Crippen LogP) is 0.882. The summed E-state index contributed by atoms with van der Waals surface area (Å²) < 4.78 is 0. The zero-order valence-corrected chi connectivity index (χ0v) is 8.61. The van der Waals surface area contributed by atoms with Crippen molar-refractivity contribution in [3.05, 3.63) is 29.8 Å². The van der Waals surface area contributed by atoms with Gasteiger partial charge in [0.2, 0.25) is 0 Å². The maximum absolute atomic E-state index is 5.89. The molecule has 0 saturated carbocycles. The Morgan fingerprint density at radius 1 is 1.33 bits per heavy atom. The van der Waals surface area contributed by atoms with Crippen LogP contribution < -0.4 is 16.8 Å². The van der Waals surface area contributed by atoms with Gasteiger partial charge >= 0.3 is 0 Å². The van der Waals surface area contributed by atoms with Crippen LogP contribution in [0.25, 0.3) is 0 Å². The van der Waals surface area contributed by atoms with Crippen LogP contribution in [0.4, 0.5) is 5.69 Å². The zero-order valence-electron chi connectivity index (χ0n) is 8.61. The summed E-state index contributed by atoms with van der Waals surface area (Å²) in [4.78, 5) is 4.39. The molecule has 2 rings (SSSR count). The fraction of sp³-hybridized carbons (Fsp3) is 0.364. The minimum atomic E-state index is 0.0726. The minimum absolute atomic E-state index is 0.0726. The Morgan fingerprint density at radius 3 is 2.93 bits per heavy atom. The number of aliphatic imine (C=N–C) groups is 1. The molecule has 1 aromatic carbocycles. The Bertz CT molecular complexity index is 373. The number of hydrogen-bond acceptors (Lipinski definition) is 4. The van der Waals surface area contributed by atoms with E-state index < -0.39 is 0 Å². The first-order chi connectivity index (χ1) is 7.31. The van der Waals surface area contributed by atoms with Crippen LogP contribution in [-0.4, -0.2) is 18.5 Å². The molecule has 0 amide bonds. The molecule has 1 atom stereocenters. The average molecular weight is 204 g/mol. The number of rotatable bonds is 3. The summed E-state index contributed by atoms with van der Waals surface area (Å²) in [6.45, 7) is 0.690. The fourth-order valence-electron chi connectivity index (χ4n) is 1.73. The number of amidine groups is 1.